The van der Waals surface area contributed by atoms with Crippen molar-refractivity contribution in [2.75, 3.05) is 38.1 Å². The Morgan fingerprint density at radius 3 is 2.71 bits per heavy atom. The van der Waals surface area contributed by atoms with Gasteiger partial charge in [-0.25, -0.2) is 4.68 Å². The summed E-state index contributed by atoms with van der Waals surface area (Å²) in [6.07, 6.45) is 4.85. The van der Waals surface area contributed by atoms with E-state index in [0.29, 0.717) is 18.8 Å². The standard InChI is InChI=1S/C14H23N5O2/c1-17(8-5-15)12-9-13(20)19(16-10-12)11-14(21)18-6-3-2-4-7-18/h9-10H,2-8,11,15H2,1H3. The number of nitrogens with two attached hydrogens (primary N) is 1. The molecule has 1 amide bonds. The molecule has 0 saturated carbocycles. The molecule has 1 saturated heterocycles. The van der Waals surface area contributed by atoms with Gasteiger partial charge < -0.3 is 15.5 Å². The van der Waals surface area contributed by atoms with E-state index < -0.39 is 0 Å². The molecule has 2 rings (SSSR count). The fraction of sp³-hybridized carbons (Fsp3) is 0.643. The largest absolute Gasteiger partial charge is 0.372 e. The van der Waals surface area contributed by atoms with Crippen LogP contribution in [0.25, 0.3) is 0 Å². The van der Waals surface area contributed by atoms with Crippen LogP contribution < -0.4 is 16.2 Å². The van der Waals surface area contributed by atoms with Crippen molar-refractivity contribution in [2.24, 2.45) is 5.73 Å². The summed E-state index contributed by atoms with van der Waals surface area (Å²) in [6, 6.07) is 1.49. The van der Waals surface area contributed by atoms with Crippen molar-refractivity contribution in [1.29, 1.82) is 0 Å². The monoisotopic (exact) mass is 293 g/mol. The Morgan fingerprint density at radius 1 is 1.38 bits per heavy atom. The predicted octanol–water partition coefficient (Wildman–Crippen LogP) is -0.349. The van der Waals surface area contributed by atoms with Gasteiger partial charge in [-0.15, -0.1) is 0 Å². The molecule has 0 radical (unpaired) electrons. The van der Waals surface area contributed by atoms with Crippen LogP contribution in [0.1, 0.15) is 19.3 Å². The maximum Gasteiger partial charge on any atom is 0.269 e. The van der Waals surface area contributed by atoms with Gasteiger partial charge in [0.05, 0.1) is 11.9 Å². The van der Waals surface area contributed by atoms with E-state index in [1.54, 1.807) is 6.20 Å². The fourth-order valence-corrected chi connectivity index (χ4v) is 2.45. The molecule has 0 unspecified atom stereocenters. The van der Waals surface area contributed by atoms with E-state index in [4.69, 9.17) is 5.73 Å². The number of hydrogen-bond donors (Lipinski definition) is 1. The quantitative estimate of drug-likeness (QED) is 0.802. The maximum atomic E-state index is 12.1. The lowest BCUT2D eigenvalue weighted by molar-refractivity contribution is -0.133. The van der Waals surface area contributed by atoms with Gasteiger partial charge in [0.25, 0.3) is 5.56 Å². The fourth-order valence-electron chi connectivity index (χ4n) is 2.45. The molecule has 1 aliphatic rings. The van der Waals surface area contributed by atoms with Gasteiger partial charge in [-0.2, -0.15) is 5.10 Å². The zero-order chi connectivity index (χ0) is 15.2. The van der Waals surface area contributed by atoms with E-state index in [-0.39, 0.29) is 18.0 Å². The zero-order valence-electron chi connectivity index (χ0n) is 12.5. The number of carbonyl (C=O) groups is 1. The van der Waals surface area contributed by atoms with E-state index in [1.165, 1.54) is 17.2 Å². The number of rotatable bonds is 5. The number of anilines is 1. The predicted molar refractivity (Wildman–Crippen MR) is 81.3 cm³/mol. The van der Waals surface area contributed by atoms with E-state index in [2.05, 4.69) is 5.10 Å². The summed E-state index contributed by atoms with van der Waals surface area (Å²) in [5.74, 6) is -0.0348. The zero-order valence-corrected chi connectivity index (χ0v) is 12.5. The van der Waals surface area contributed by atoms with Crippen molar-refractivity contribution in [3.8, 4) is 0 Å². The number of carbonyl (C=O) groups excluding carboxylic acids is 1. The summed E-state index contributed by atoms with van der Waals surface area (Å²) in [5, 5.41) is 4.09. The third-order valence-electron chi connectivity index (χ3n) is 3.75. The lowest BCUT2D eigenvalue weighted by Crippen LogP contribution is -2.40. The minimum Gasteiger partial charge on any atom is -0.372 e. The second kappa shape index (κ2) is 7.21. The molecule has 21 heavy (non-hydrogen) atoms. The molecule has 0 spiro atoms. The Balaban J connectivity index is 2.03. The molecular formula is C14H23N5O2. The molecule has 1 aromatic rings. The smallest absolute Gasteiger partial charge is 0.269 e. The van der Waals surface area contributed by atoms with Crippen molar-refractivity contribution >= 4 is 11.6 Å². The van der Waals surface area contributed by atoms with Crippen molar-refractivity contribution in [1.82, 2.24) is 14.7 Å². The van der Waals surface area contributed by atoms with Gasteiger partial charge in [0.15, 0.2) is 0 Å². The number of likely N-dealkylation sites (N-methyl/N-ethyl adjacent to an activating group) is 1. The van der Waals surface area contributed by atoms with E-state index in [0.717, 1.165) is 25.9 Å². The van der Waals surface area contributed by atoms with Crippen molar-refractivity contribution in [2.45, 2.75) is 25.8 Å². The first kappa shape index (κ1) is 15.5. The van der Waals surface area contributed by atoms with E-state index >= 15 is 0 Å². The summed E-state index contributed by atoms with van der Waals surface area (Å²) in [7, 11) is 1.85. The first-order chi connectivity index (χ1) is 10.1. The molecule has 1 aromatic heterocycles. The van der Waals surface area contributed by atoms with Crippen LogP contribution in [0.4, 0.5) is 5.69 Å². The van der Waals surface area contributed by atoms with Gasteiger partial charge in [0.2, 0.25) is 5.91 Å². The summed E-state index contributed by atoms with van der Waals surface area (Å²) in [4.78, 5) is 27.9. The van der Waals surface area contributed by atoms with Crippen LogP contribution in [0.2, 0.25) is 0 Å². The number of hydrogen-bond acceptors (Lipinski definition) is 5. The average Bonchev–Trinajstić information content (AvgIpc) is 2.50. The molecule has 116 valence electrons. The van der Waals surface area contributed by atoms with Gasteiger partial charge in [-0.3, -0.25) is 9.59 Å². The first-order valence-electron chi connectivity index (χ1n) is 7.38. The third kappa shape index (κ3) is 4.04. The Labute approximate surface area is 124 Å². The molecule has 0 atom stereocenters. The molecule has 1 fully saturated rings. The molecule has 2 heterocycles. The highest BCUT2D eigenvalue weighted by Gasteiger charge is 2.17. The number of aromatic nitrogens is 2. The van der Waals surface area contributed by atoms with Crippen LogP contribution in [0.5, 0.6) is 0 Å². The van der Waals surface area contributed by atoms with Crippen LogP contribution in [0, 0.1) is 0 Å². The molecule has 7 nitrogen and oxygen atoms in total. The Morgan fingerprint density at radius 2 is 2.10 bits per heavy atom. The van der Waals surface area contributed by atoms with Gasteiger partial charge in [-0.05, 0) is 19.3 Å². The third-order valence-corrected chi connectivity index (χ3v) is 3.75. The number of likely N-dealkylation sites (tertiary alicyclic amines) is 1. The van der Waals surface area contributed by atoms with Gasteiger partial charge in [0.1, 0.15) is 6.54 Å². The molecule has 2 N–H and O–H groups in total. The molecule has 7 heteroatoms. The SMILES string of the molecule is CN(CCN)c1cnn(CC(=O)N2CCCCC2)c(=O)c1. The van der Waals surface area contributed by atoms with Gasteiger partial charge in [-0.1, -0.05) is 0 Å². The molecule has 1 aliphatic heterocycles. The lowest BCUT2D eigenvalue weighted by Gasteiger charge is -2.26. The number of amides is 1. The molecule has 0 aliphatic carbocycles. The first-order valence-corrected chi connectivity index (χ1v) is 7.38. The second-order valence-corrected chi connectivity index (χ2v) is 5.36. The maximum absolute atomic E-state index is 12.1. The van der Waals surface area contributed by atoms with Crippen LogP contribution in [0.15, 0.2) is 17.1 Å². The summed E-state index contributed by atoms with van der Waals surface area (Å²) >= 11 is 0. The van der Waals surface area contributed by atoms with E-state index in [1.807, 2.05) is 16.8 Å². The summed E-state index contributed by atoms with van der Waals surface area (Å²) < 4.78 is 1.22. The topological polar surface area (TPSA) is 84.5 Å². The van der Waals surface area contributed by atoms with Crippen LogP contribution in [-0.4, -0.2) is 53.8 Å². The summed E-state index contributed by atoms with van der Waals surface area (Å²) in [5.41, 5.74) is 5.94. The Bertz CT molecular complexity index is 536. The Kier molecular flexibility index (Phi) is 5.32. The normalized spacial score (nSPS) is 15.0. The molecular weight excluding hydrogens is 270 g/mol. The van der Waals surface area contributed by atoms with Crippen LogP contribution in [-0.2, 0) is 11.3 Å². The van der Waals surface area contributed by atoms with Crippen molar-refractivity contribution in [3.63, 3.8) is 0 Å². The Hall–Kier alpha value is -1.89. The number of nitrogens with zero attached hydrogens (tertiary/aromatic N) is 4. The highest BCUT2D eigenvalue weighted by atomic mass is 16.2. The summed E-state index contributed by atoms with van der Waals surface area (Å²) in [6.45, 7) is 2.74. The highest BCUT2D eigenvalue weighted by Crippen LogP contribution is 2.09. The van der Waals surface area contributed by atoms with Gasteiger partial charge >= 0.3 is 0 Å². The highest BCUT2D eigenvalue weighted by molar-refractivity contribution is 5.76. The minimum atomic E-state index is -0.262. The van der Waals surface area contributed by atoms with Crippen molar-refractivity contribution in [3.05, 3.63) is 22.6 Å². The lowest BCUT2D eigenvalue weighted by atomic mass is 10.1. The number of piperidine rings is 1. The van der Waals surface area contributed by atoms with Crippen LogP contribution in [0.3, 0.4) is 0 Å². The minimum absolute atomic E-state index is 0.0136. The van der Waals surface area contributed by atoms with E-state index in [9.17, 15) is 9.59 Å². The van der Waals surface area contributed by atoms with Crippen LogP contribution >= 0.6 is 0 Å². The molecule has 0 aromatic carbocycles. The average molecular weight is 293 g/mol. The molecule has 0 bridgehead atoms. The van der Waals surface area contributed by atoms with Gasteiger partial charge in [0, 0.05) is 39.3 Å². The second-order valence-electron chi connectivity index (χ2n) is 5.36. The van der Waals surface area contributed by atoms with Crippen molar-refractivity contribution < 1.29 is 4.79 Å².